The Morgan fingerprint density at radius 3 is 2.64 bits per heavy atom. The highest BCUT2D eigenvalue weighted by Gasteiger charge is 2.25. The number of H-pyrrole nitrogens is 1. The van der Waals surface area contributed by atoms with Crippen LogP contribution in [-0.2, 0) is 12.8 Å². The number of hydrogen-bond acceptors (Lipinski definition) is 5. The van der Waals surface area contributed by atoms with Crippen LogP contribution >= 0.6 is 0 Å². The molecule has 0 saturated carbocycles. The summed E-state index contributed by atoms with van der Waals surface area (Å²) < 4.78 is 5.25. The molecule has 0 unspecified atom stereocenters. The van der Waals surface area contributed by atoms with Crippen LogP contribution in [0.2, 0.25) is 0 Å². The summed E-state index contributed by atoms with van der Waals surface area (Å²) in [6.45, 7) is 5.76. The van der Waals surface area contributed by atoms with Crippen LogP contribution in [0.25, 0.3) is 11.3 Å². The molecule has 0 spiro atoms. The topological polar surface area (TPSA) is 73.5 Å². The molecule has 7 nitrogen and oxygen atoms in total. The fourth-order valence-electron chi connectivity index (χ4n) is 4.86. The summed E-state index contributed by atoms with van der Waals surface area (Å²) in [5.41, 5.74) is 6.27. The summed E-state index contributed by atoms with van der Waals surface area (Å²) >= 11 is 0. The number of carbonyl (C=O) groups is 1. The summed E-state index contributed by atoms with van der Waals surface area (Å²) in [7, 11) is 1.69. The summed E-state index contributed by atoms with van der Waals surface area (Å²) in [4.78, 5) is 17.7. The number of aromatic amines is 1. The highest BCUT2D eigenvalue weighted by Crippen LogP contribution is 2.33. The molecule has 3 aromatic rings. The third kappa shape index (κ3) is 4.59. The van der Waals surface area contributed by atoms with E-state index in [1.165, 1.54) is 11.3 Å². The third-order valence-electron chi connectivity index (χ3n) is 6.76. The molecule has 1 saturated heterocycles. The molecule has 1 aliphatic carbocycles. The Morgan fingerprint density at radius 1 is 1.06 bits per heavy atom. The molecule has 7 heteroatoms. The lowest BCUT2D eigenvalue weighted by atomic mass is 9.89. The zero-order valence-electron chi connectivity index (χ0n) is 19.1. The number of methoxy groups -OCH3 is 1. The van der Waals surface area contributed by atoms with Crippen LogP contribution in [0.4, 0.5) is 5.69 Å². The van der Waals surface area contributed by atoms with E-state index >= 15 is 0 Å². The van der Waals surface area contributed by atoms with E-state index in [-0.39, 0.29) is 5.91 Å². The van der Waals surface area contributed by atoms with Crippen LogP contribution in [0.5, 0.6) is 5.75 Å². The number of nitrogens with zero attached hydrogens (tertiary/aromatic N) is 3. The van der Waals surface area contributed by atoms with E-state index in [9.17, 15) is 4.79 Å². The second-order valence-electron chi connectivity index (χ2n) is 8.72. The first-order chi connectivity index (χ1) is 16.2. The highest BCUT2D eigenvalue weighted by atomic mass is 16.5. The van der Waals surface area contributed by atoms with Crippen molar-refractivity contribution in [3.8, 4) is 17.0 Å². The van der Waals surface area contributed by atoms with E-state index in [0.717, 1.165) is 74.6 Å². The van der Waals surface area contributed by atoms with E-state index in [1.807, 2.05) is 18.2 Å². The van der Waals surface area contributed by atoms with Gasteiger partial charge in [0.1, 0.15) is 11.4 Å². The summed E-state index contributed by atoms with van der Waals surface area (Å²) in [6.07, 6.45) is 2.74. The zero-order valence-corrected chi connectivity index (χ0v) is 19.1. The van der Waals surface area contributed by atoms with Gasteiger partial charge in [-0.1, -0.05) is 24.3 Å². The number of benzene rings is 2. The molecule has 33 heavy (non-hydrogen) atoms. The maximum Gasteiger partial charge on any atom is 0.269 e. The fourth-order valence-corrected chi connectivity index (χ4v) is 4.86. The molecule has 5 rings (SSSR count). The zero-order chi connectivity index (χ0) is 22.6. The number of carbonyl (C=O) groups excluding carboxylic acids is 1. The Hall–Kier alpha value is -3.32. The molecule has 0 atom stereocenters. The number of amides is 1. The first kappa shape index (κ1) is 21.5. The molecule has 2 N–H and O–H groups in total. The first-order valence-corrected chi connectivity index (χ1v) is 11.8. The van der Waals surface area contributed by atoms with Crippen LogP contribution in [0.15, 0.2) is 48.5 Å². The van der Waals surface area contributed by atoms with Gasteiger partial charge in [-0.3, -0.25) is 14.8 Å². The lowest BCUT2D eigenvalue weighted by molar-refractivity contribution is 0.0945. The Bertz CT molecular complexity index is 1100. The molecule has 2 aliphatic rings. The van der Waals surface area contributed by atoms with Crippen molar-refractivity contribution in [2.75, 3.05) is 51.3 Å². The average molecular weight is 446 g/mol. The summed E-state index contributed by atoms with van der Waals surface area (Å²) in [6, 6.07) is 16.6. The molecule has 1 aliphatic heterocycles. The number of aryl methyl sites for hydroxylation is 1. The predicted octanol–water partition coefficient (Wildman–Crippen LogP) is 3.13. The Balaban J connectivity index is 1.07. The van der Waals surface area contributed by atoms with Crippen molar-refractivity contribution < 1.29 is 9.53 Å². The normalized spacial score (nSPS) is 15.6. The van der Waals surface area contributed by atoms with E-state index in [2.05, 4.69) is 55.6 Å². The Morgan fingerprint density at radius 2 is 1.85 bits per heavy atom. The van der Waals surface area contributed by atoms with Gasteiger partial charge < -0.3 is 15.0 Å². The molecule has 0 bridgehead atoms. The number of nitrogens with one attached hydrogen (secondary N) is 2. The molecule has 2 heterocycles. The summed E-state index contributed by atoms with van der Waals surface area (Å²) in [5.74, 6) is 0.840. The molecular formula is C26H31N5O2. The standard InChI is InChI=1S/C26H31N5O2/c1-33-21-10-8-20(9-11-21)31-17-15-30(16-18-31)14-4-13-27-26(32)25-23-12-7-19-5-2-3-6-22(19)24(23)28-29-25/h2-3,5-6,8-11H,4,7,12-18H2,1H3,(H,27,32)(H,28,29). The minimum Gasteiger partial charge on any atom is -0.497 e. The number of ether oxygens (including phenoxy) is 1. The molecule has 2 aromatic carbocycles. The van der Waals surface area contributed by atoms with E-state index < -0.39 is 0 Å². The van der Waals surface area contributed by atoms with Crippen molar-refractivity contribution in [3.63, 3.8) is 0 Å². The number of piperazine rings is 1. The van der Waals surface area contributed by atoms with Crippen LogP contribution in [0, 0.1) is 0 Å². The monoisotopic (exact) mass is 445 g/mol. The molecule has 172 valence electrons. The van der Waals surface area contributed by atoms with E-state index in [4.69, 9.17) is 4.74 Å². The van der Waals surface area contributed by atoms with Crippen molar-refractivity contribution in [3.05, 3.63) is 65.4 Å². The SMILES string of the molecule is COc1ccc(N2CCN(CCCNC(=O)c3[nH]nc4c3CCc3ccccc3-4)CC2)cc1. The van der Waals surface area contributed by atoms with Crippen molar-refractivity contribution in [1.29, 1.82) is 0 Å². The average Bonchev–Trinajstić information content (AvgIpc) is 3.32. The van der Waals surface area contributed by atoms with Gasteiger partial charge >= 0.3 is 0 Å². The lowest BCUT2D eigenvalue weighted by Crippen LogP contribution is -2.47. The molecule has 1 fully saturated rings. The van der Waals surface area contributed by atoms with Gasteiger partial charge in [0.25, 0.3) is 5.91 Å². The highest BCUT2D eigenvalue weighted by molar-refractivity contribution is 5.96. The van der Waals surface area contributed by atoms with Crippen molar-refractivity contribution >= 4 is 11.6 Å². The van der Waals surface area contributed by atoms with E-state index in [1.54, 1.807) is 7.11 Å². The maximum absolute atomic E-state index is 12.8. The number of anilines is 1. The van der Waals surface area contributed by atoms with Crippen LogP contribution < -0.4 is 15.0 Å². The molecule has 1 aromatic heterocycles. The maximum atomic E-state index is 12.8. The van der Waals surface area contributed by atoms with Gasteiger partial charge in [0.2, 0.25) is 0 Å². The van der Waals surface area contributed by atoms with E-state index in [0.29, 0.717) is 12.2 Å². The van der Waals surface area contributed by atoms with Gasteiger partial charge in [0.15, 0.2) is 0 Å². The minimum atomic E-state index is -0.0487. The van der Waals surface area contributed by atoms with Crippen molar-refractivity contribution in [1.82, 2.24) is 20.4 Å². The van der Waals surface area contributed by atoms with Gasteiger partial charge in [-0.2, -0.15) is 5.10 Å². The number of aromatic nitrogens is 2. The minimum absolute atomic E-state index is 0.0487. The molecule has 1 amide bonds. The molecular weight excluding hydrogens is 414 g/mol. The van der Waals surface area contributed by atoms with Crippen molar-refractivity contribution in [2.45, 2.75) is 19.3 Å². The van der Waals surface area contributed by atoms with Crippen LogP contribution in [-0.4, -0.2) is 67.4 Å². The van der Waals surface area contributed by atoms with Gasteiger partial charge in [-0.05, 0) is 55.6 Å². The molecule has 0 radical (unpaired) electrons. The first-order valence-electron chi connectivity index (χ1n) is 11.8. The van der Waals surface area contributed by atoms with Gasteiger partial charge in [0, 0.05) is 49.5 Å². The van der Waals surface area contributed by atoms with Gasteiger partial charge in [-0.15, -0.1) is 0 Å². The number of hydrogen-bond donors (Lipinski definition) is 2. The smallest absolute Gasteiger partial charge is 0.269 e. The third-order valence-corrected chi connectivity index (χ3v) is 6.76. The second-order valence-corrected chi connectivity index (χ2v) is 8.72. The Kier molecular flexibility index (Phi) is 6.30. The fraction of sp³-hybridized carbons (Fsp3) is 0.385. The van der Waals surface area contributed by atoms with Gasteiger partial charge in [0.05, 0.1) is 12.8 Å². The second kappa shape index (κ2) is 9.67. The quantitative estimate of drug-likeness (QED) is 0.547. The summed E-state index contributed by atoms with van der Waals surface area (Å²) in [5, 5.41) is 10.5. The van der Waals surface area contributed by atoms with Crippen molar-refractivity contribution in [2.24, 2.45) is 0 Å². The number of rotatable bonds is 7. The largest absolute Gasteiger partial charge is 0.497 e. The number of fused-ring (bicyclic) bond motifs is 3. The van der Waals surface area contributed by atoms with Gasteiger partial charge in [-0.25, -0.2) is 0 Å². The Labute approximate surface area is 194 Å². The van der Waals surface area contributed by atoms with Crippen LogP contribution in [0.3, 0.4) is 0 Å². The lowest BCUT2D eigenvalue weighted by Gasteiger charge is -2.36. The van der Waals surface area contributed by atoms with Crippen LogP contribution in [0.1, 0.15) is 28.0 Å². The predicted molar refractivity (Wildman–Crippen MR) is 130 cm³/mol.